The Kier molecular flexibility index (Phi) is 3.75. The zero-order valence-electron chi connectivity index (χ0n) is 8.59. The van der Waals surface area contributed by atoms with Crippen LogP contribution in [-0.2, 0) is 6.61 Å². The average molecular weight is 314 g/mol. The molecule has 0 bridgehead atoms. The summed E-state index contributed by atoms with van der Waals surface area (Å²) in [6.45, 7) is 0.246. The van der Waals surface area contributed by atoms with Crippen LogP contribution in [0.15, 0.2) is 34.2 Å². The lowest BCUT2D eigenvalue weighted by Crippen LogP contribution is -2.01. The highest BCUT2D eigenvalue weighted by atomic mass is 79.9. The molecule has 0 amide bonds. The minimum atomic E-state index is -0.989. The van der Waals surface area contributed by atoms with Crippen LogP contribution in [-0.4, -0.2) is 16.1 Å². The van der Waals surface area contributed by atoms with Crippen LogP contribution in [0.1, 0.15) is 15.4 Å². The van der Waals surface area contributed by atoms with Crippen LogP contribution >= 0.6 is 27.3 Å². The first-order chi connectivity index (χ1) is 8.18. The van der Waals surface area contributed by atoms with Crippen LogP contribution in [0.3, 0.4) is 0 Å². The van der Waals surface area contributed by atoms with E-state index in [0.29, 0.717) is 10.2 Å². The summed E-state index contributed by atoms with van der Waals surface area (Å²) in [7, 11) is 0. The van der Waals surface area contributed by atoms with Crippen LogP contribution in [0.25, 0.3) is 0 Å². The minimum absolute atomic E-state index is 0.188. The normalized spacial score (nSPS) is 10.2. The lowest BCUT2D eigenvalue weighted by molar-refractivity contribution is 0.0697. The third-order valence-corrected chi connectivity index (χ3v) is 3.83. The maximum absolute atomic E-state index is 10.9. The van der Waals surface area contributed by atoms with Gasteiger partial charge in [-0.3, -0.25) is 4.98 Å². The summed E-state index contributed by atoms with van der Waals surface area (Å²) in [5.41, 5.74) is 0.752. The number of carbonyl (C=O) groups is 1. The number of hydrogen-bond donors (Lipinski definition) is 1. The highest BCUT2D eigenvalue weighted by molar-refractivity contribution is 9.10. The fourth-order valence-corrected chi connectivity index (χ4v) is 2.67. The monoisotopic (exact) mass is 313 g/mol. The number of thiophene rings is 1. The molecule has 0 fully saturated rings. The quantitative estimate of drug-likeness (QED) is 0.941. The summed E-state index contributed by atoms with van der Waals surface area (Å²) >= 11 is 4.39. The Morgan fingerprint density at radius 1 is 1.53 bits per heavy atom. The van der Waals surface area contributed by atoms with Gasteiger partial charge in [0.1, 0.15) is 6.61 Å². The molecule has 0 aromatic carbocycles. The summed E-state index contributed by atoms with van der Waals surface area (Å²) in [4.78, 5) is 15.2. The average Bonchev–Trinajstić information content (AvgIpc) is 2.69. The maximum atomic E-state index is 10.9. The summed E-state index contributed by atoms with van der Waals surface area (Å²) < 4.78 is 6.12. The topological polar surface area (TPSA) is 59.4 Å². The third-order valence-electron chi connectivity index (χ3n) is 1.99. The van der Waals surface area contributed by atoms with E-state index >= 15 is 0 Å². The van der Waals surface area contributed by atoms with E-state index in [1.807, 2.05) is 18.2 Å². The molecule has 0 atom stereocenters. The molecule has 2 aromatic heterocycles. The van der Waals surface area contributed by atoms with Gasteiger partial charge in [0.25, 0.3) is 0 Å². The first-order valence-corrected chi connectivity index (χ1v) is 6.38. The second kappa shape index (κ2) is 5.29. The van der Waals surface area contributed by atoms with E-state index < -0.39 is 5.97 Å². The van der Waals surface area contributed by atoms with Gasteiger partial charge < -0.3 is 9.84 Å². The SMILES string of the molecule is O=C(O)c1scc(Br)c1OCc1ccccn1. The van der Waals surface area contributed by atoms with Gasteiger partial charge >= 0.3 is 5.97 Å². The van der Waals surface area contributed by atoms with E-state index in [-0.39, 0.29) is 11.5 Å². The molecular weight excluding hydrogens is 306 g/mol. The summed E-state index contributed by atoms with van der Waals surface area (Å²) in [6, 6.07) is 5.49. The van der Waals surface area contributed by atoms with Crippen LogP contribution in [0.5, 0.6) is 5.75 Å². The van der Waals surface area contributed by atoms with Crippen LogP contribution in [0.2, 0.25) is 0 Å². The van der Waals surface area contributed by atoms with Gasteiger partial charge in [0.05, 0.1) is 10.2 Å². The van der Waals surface area contributed by atoms with Gasteiger partial charge in [0, 0.05) is 11.6 Å². The number of aromatic nitrogens is 1. The molecule has 0 aliphatic heterocycles. The fourth-order valence-electron chi connectivity index (χ4n) is 1.24. The van der Waals surface area contributed by atoms with Crippen molar-refractivity contribution in [3.05, 3.63) is 44.8 Å². The molecule has 0 spiro atoms. The van der Waals surface area contributed by atoms with Crippen LogP contribution < -0.4 is 4.74 Å². The molecule has 1 N–H and O–H groups in total. The highest BCUT2D eigenvalue weighted by Gasteiger charge is 2.17. The van der Waals surface area contributed by atoms with Gasteiger partial charge in [-0.15, -0.1) is 11.3 Å². The molecule has 17 heavy (non-hydrogen) atoms. The third kappa shape index (κ3) is 2.83. The number of aromatic carboxylic acids is 1. The molecule has 2 heterocycles. The van der Waals surface area contributed by atoms with E-state index in [2.05, 4.69) is 20.9 Å². The minimum Gasteiger partial charge on any atom is -0.484 e. The Hall–Kier alpha value is -1.40. The molecule has 6 heteroatoms. The standard InChI is InChI=1S/C11H8BrNO3S/c12-8-6-17-10(11(14)15)9(8)16-5-7-3-1-2-4-13-7/h1-4,6H,5H2,(H,14,15). The summed E-state index contributed by atoms with van der Waals surface area (Å²) in [5, 5.41) is 10.7. The molecule has 0 aliphatic rings. The van der Waals surface area contributed by atoms with Gasteiger partial charge in [-0.25, -0.2) is 4.79 Å². The van der Waals surface area contributed by atoms with E-state index in [9.17, 15) is 4.79 Å². The predicted octanol–water partition coefficient (Wildman–Crippen LogP) is 3.18. The molecule has 0 saturated heterocycles. The molecule has 0 radical (unpaired) electrons. The van der Waals surface area contributed by atoms with Gasteiger partial charge in [-0.1, -0.05) is 6.07 Å². The van der Waals surface area contributed by atoms with Crippen molar-refractivity contribution in [3.8, 4) is 5.75 Å². The van der Waals surface area contributed by atoms with Gasteiger partial charge in [-0.05, 0) is 28.1 Å². The molecule has 0 saturated carbocycles. The van der Waals surface area contributed by atoms with Crippen molar-refractivity contribution in [1.29, 1.82) is 0 Å². The number of pyridine rings is 1. The Bertz CT molecular complexity index is 527. The number of carboxylic acids is 1. The smallest absolute Gasteiger partial charge is 0.349 e. The molecule has 88 valence electrons. The van der Waals surface area contributed by atoms with Crippen molar-refractivity contribution >= 4 is 33.2 Å². The van der Waals surface area contributed by atoms with E-state index in [1.54, 1.807) is 11.6 Å². The van der Waals surface area contributed by atoms with E-state index in [4.69, 9.17) is 9.84 Å². The van der Waals surface area contributed by atoms with E-state index in [1.165, 1.54) is 0 Å². The van der Waals surface area contributed by atoms with Crippen molar-refractivity contribution in [2.24, 2.45) is 0 Å². The van der Waals surface area contributed by atoms with E-state index in [0.717, 1.165) is 17.0 Å². The largest absolute Gasteiger partial charge is 0.484 e. The van der Waals surface area contributed by atoms with Gasteiger partial charge in [0.2, 0.25) is 0 Å². The van der Waals surface area contributed by atoms with Crippen molar-refractivity contribution in [2.75, 3.05) is 0 Å². The second-order valence-electron chi connectivity index (χ2n) is 3.16. The van der Waals surface area contributed by atoms with Crippen molar-refractivity contribution in [3.63, 3.8) is 0 Å². The number of carboxylic acid groups (broad SMARTS) is 1. The van der Waals surface area contributed by atoms with Crippen molar-refractivity contribution in [1.82, 2.24) is 4.98 Å². The number of hydrogen-bond acceptors (Lipinski definition) is 4. The highest BCUT2D eigenvalue weighted by Crippen LogP contribution is 2.35. The molecule has 4 nitrogen and oxygen atoms in total. The molecule has 2 rings (SSSR count). The number of halogens is 1. The lowest BCUT2D eigenvalue weighted by Gasteiger charge is -2.05. The number of rotatable bonds is 4. The Balaban J connectivity index is 2.14. The van der Waals surface area contributed by atoms with Crippen molar-refractivity contribution < 1.29 is 14.6 Å². The molecular formula is C11H8BrNO3S. The Labute approximate surface area is 110 Å². The van der Waals surface area contributed by atoms with Crippen molar-refractivity contribution in [2.45, 2.75) is 6.61 Å². The first kappa shape index (κ1) is 12.1. The first-order valence-electron chi connectivity index (χ1n) is 4.71. The van der Waals surface area contributed by atoms with Gasteiger partial charge in [0.15, 0.2) is 10.6 Å². The number of nitrogens with zero attached hydrogens (tertiary/aromatic N) is 1. The molecule has 0 unspecified atom stereocenters. The summed E-state index contributed by atoms with van der Waals surface area (Å²) in [5.74, 6) is -0.634. The van der Waals surface area contributed by atoms with Gasteiger partial charge in [-0.2, -0.15) is 0 Å². The molecule has 2 aromatic rings. The zero-order valence-corrected chi connectivity index (χ0v) is 11.0. The summed E-state index contributed by atoms with van der Waals surface area (Å²) in [6.07, 6.45) is 1.67. The lowest BCUT2D eigenvalue weighted by atomic mass is 10.3. The predicted molar refractivity (Wildman–Crippen MR) is 67.5 cm³/mol. The molecule has 0 aliphatic carbocycles. The maximum Gasteiger partial charge on any atom is 0.349 e. The van der Waals surface area contributed by atoms with Crippen LogP contribution in [0.4, 0.5) is 0 Å². The second-order valence-corrected chi connectivity index (χ2v) is 4.89. The Morgan fingerprint density at radius 3 is 3.00 bits per heavy atom. The Morgan fingerprint density at radius 2 is 2.35 bits per heavy atom. The van der Waals surface area contributed by atoms with Crippen LogP contribution in [0, 0.1) is 0 Å². The fraction of sp³-hybridized carbons (Fsp3) is 0.0909. The number of ether oxygens (including phenoxy) is 1. The zero-order chi connectivity index (χ0) is 12.3.